The van der Waals surface area contributed by atoms with E-state index in [0.717, 1.165) is 0 Å². The number of hydrogen-bond acceptors (Lipinski definition) is 8. The number of carboxylic acid groups (broad SMARTS) is 1. The molecular formula is C18H19N5O6S2. The molecule has 4 unspecified atom stereocenters. The highest BCUT2D eigenvalue weighted by Gasteiger charge is 2.64. The molecule has 0 saturated carbocycles. The number of nitrogens with zero attached hydrogens (tertiary/aromatic N) is 2. The lowest BCUT2D eigenvalue weighted by atomic mass is 9.96. The molecule has 2 aliphatic rings. The molecule has 4 N–H and O–H groups in total. The maximum atomic E-state index is 12.9. The number of rotatable bonds is 6. The molecular weight excluding hydrogens is 446 g/mol. The highest BCUT2D eigenvalue weighted by Crippen LogP contribution is 2.50. The van der Waals surface area contributed by atoms with Gasteiger partial charge in [-0.15, -0.1) is 23.1 Å². The number of thiophene rings is 1. The zero-order chi connectivity index (χ0) is 22.9. The number of carboxylic acids is 1. The lowest BCUT2D eigenvalue weighted by Crippen LogP contribution is -2.71. The van der Waals surface area contributed by atoms with Gasteiger partial charge in [0, 0.05) is 9.62 Å². The van der Waals surface area contributed by atoms with E-state index in [9.17, 15) is 29.1 Å². The van der Waals surface area contributed by atoms with Crippen molar-refractivity contribution in [1.82, 2.24) is 20.9 Å². The van der Waals surface area contributed by atoms with E-state index >= 15 is 0 Å². The summed E-state index contributed by atoms with van der Waals surface area (Å²) in [5, 5.41) is 26.1. The molecule has 0 aliphatic carbocycles. The van der Waals surface area contributed by atoms with Crippen LogP contribution in [0.15, 0.2) is 17.5 Å². The summed E-state index contributed by atoms with van der Waals surface area (Å²) in [6.07, 6.45) is 0. The number of amides is 4. The molecule has 3 heterocycles. The van der Waals surface area contributed by atoms with Gasteiger partial charge < -0.3 is 26.0 Å². The third kappa shape index (κ3) is 4.21. The Hall–Kier alpha value is -3.11. The van der Waals surface area contributed by atoms with Crippen LogP contribution in [-0.2, 0) is 24.0 Å². The number of thioether (sulfide) groups is 1. The van der Waals surface area contributed by atoms with Crippen molar-refractivity contribution in [2.24, 2.45) is 0 Å². The summed E-state index contributed by atoms with van der Waals surface area (Å²) in [4.78, 5) is 62.7. The second-order valence-electron chi connectivity index (χ2n) is 7.35. The van der Waals surface area contributed by atoms with Gasteiger partial charge in [0.25, 0.3) is 0 Å². The molecule has 2 fully saturated rings. The lowest BCUT2D eigenvalue weighted by molar-refractivity contribution is -0.161. The van der Waals surface area contributed by atoms with Crippen molar-refractivity contribution in [3.8, 4) is 6.07 Å². The SMILES string of the molecule is CC1(C)SC2C(NC(=O)C(NC(=O)C(=O)NCC#N)c3cccs3)C(=O)N2C1C(=O)O. The third-order valence-corrected chi connectivity index (χ3v) is 7.38. The largest absolute Gasteiger partial charge is 0.480 e. The topological polar surface area (TPSA) is 169 Å². The molecule has 1 aromatic heterocycles. The Morgan fingerprint density at radius 3 is 2.61 bits per heavy atom. The van der Waals surface area contributed by atoms with Gasteiger partial charge in [-0.3, -0.25) is 19.2 Å². The number of aliphatic carboxylic acids is 1. The van der Waals surface area contributed by atoms with Crippen LogP contribution in [0.25, 0.3) is 0 Å². The molecule has 0 spiro atoms. The zero-order valence-electron chi connectivity index (χ0n) is 16.4. The Bertz CT molecular complexity index is 973. The van der Waals surface area contributed by atoms with Gasteiger partial charge in [-0.1, -0.05) is 6.07 Å². The first kappa shape index (κ1) is 22.6. The Morgan fingerprint density at radius 2 is 2.03 bits per heavy atom. The smallest absolute Gasteiger partial charge is 0.327 e. The molecule has 164 valence electrons. The number of carbonyl (C=O) groups excluding carboxylic acids is 4. The molecule has 11 nitrogen and oxygen atoms in total. The van der Waals surface area contributed by atoms with Gasteiger partial charge in [-0.25, -0.2) is 4.79 Å². The summed E-state index contributed by atoms with van der Waals surface area (Å²) in [7, 11) is 0. The summed E-state index contributed by atoms with van der Waals surface area (Å²) < 4.78 is -0.744. The first-order valence-corrected chi connectivity index (χ1v) is 10.9. The van der Waals surface area contributed by atoms with Crippen LogP contribution in [0.2, 0.25) is 0 Å². The average Bonchev–Trinajstić information content (AvgIpc) is 3.32. The summed E-state index contributed by atoms with van der Waals surface area (Å²) in [6, 6.07) is 1.71. The molecule has 3 rings (SSSR count). The maximum absolute atomic E-state index is 12.9. The molecule has 2 saturated heterocycles. The van der Waals surface area contributed by atoms with Crippen molar-refractivity contribution >= 4 is 52.7 Å². The van der Waals surface area contributed by atoms with Crippen LogP contribution in [0.3, 0.4) is 0 Å². The number of nitrogens with one attached hydrogen (secondary N) is 3. The quantitative estimate of drug-likeness (QED) is 0.240. The van der Waals surface area contributed by atoms with E-state index in [0.29, 0.717) is 4.88 Å². The van der Waals surface area contributed by atoms with E-state index in [1.807, 2.05) is 0 Å². The molecule has 4 atom stereocenters. The van der Waals surface area contributed by atoms with Crippen molar-refractivity contribution in [3.63, 3.8) is 0 Å². The van der Waals surface area contributed by atoms with Gasteiger partial charge in [0.05, 0.1) is 6.07 Å². The van der Waals surface area contributed by atoms with Crippen LogP contribution in [0, 0.1) is 11.3 Å². The standard InChI is InChI=1S/C18H19N5O6S2/c1-18(2)11(17(28)29)23-15(27)10(16(23)31-18)22-12(24)9(8-4-3-7-30-8)21-14(26)13(25)20-6-5-19/h3-4,7,9-11,16H,6H2,1-2H3,(H,20,25)(H,21,26)(H,22,24)(H,28,29). The number of fused-ring (bicyclic) bond motifs is 1. The van der Waals surface area contributed by atoms with Crippen LogP contribution < -0.4 is 16.0 Å². The van der Waals surface area contributed by atoms with E-state index in [-0.39, 0.29) is 6.54 Å². The van der Waals surface area contributed by atoms with Crippen LogP contribution in [0.5, 0.6) is 0 Å². The molecule has 31 heavy (non-hydrogen) atoms. The van der Waals surface area contributed by atoms with E-state index < -0.39 is 57.8 Å². The fraction of sp³-hybridized carbons (Fsp3) is 0.444. The van der Waals surface area contributed by atoms with Crippen molar-refractivity contribution in [3.05, 3.63) is 22.4 Å². The molecule has 2 aliphatic heterocycles. The summed E-state index contributed by atoms with van der Waals surface area (Å²) in [5.74, 6) is -4.52. The van der Waals surface area contributed by atoms with Crippen LogP contribution in [0.4, 0.5) is 0 Å². The Labute approximate surface area is 185 Å². The van der Waals surface area contributed by atoms with Crippen LogP contribution in [-0.4, -0.2) is 68.4 Å². The molecule has 4 amide bonds. The summed E-state index contributed by atoms with van der Waals surface area (Å²) in [5.41, 5.74) is 0. The number of hydrogen-bond donors (Lipinski definition) is 4. The fourth-order valence-electron chi connectivity index (χ4n) is 3.50. The minimum absolute atomic E-state index is 0.367. The van der Waals surface area contributed by atoms with Gasteiger partial charge in [0.2, 0.25) is 11.8 Å². The van der Waals surface area contributed by atoms with Crippen molar-refractivity contribution in [2.75, 3.05) is 6.54 Å². The van der Waals surface area contributed by atoms with E-state index in [2.05, 4.69) is 16.0 Å². The molecule has 1 aromatic rings. The second-order valence-corrected chi connectivity index (χ2v) is 10.1. The molecule has 0 radical (unpaired) electrons. The highest BCUT2D eigenvalue weighted by molar-refractivity contribution is 8.01. The number of carbonyl (C=O) groups is 5. The van der Waals surface area contributed by atoms with Gasteiger partial charge >= 0.3 is 17.8 Å². The first-order chi connectivity index (χ1) is 14.6. The minimum atomic E-state index is -1.24. The average molecular weight is 466 g/mol. The van der Waals surface area contributed by atoms with Crippen molar-refractivity contribution in [1.29, 1.82) is 5.26 Å². The van der Waals surface area contributed by atoms with E-state index in [1.165, 1.54) is 28.0 Å². The Morgan fingerprint density at radius 1 is 1.32 bits per heavy atom. The Kier molecular flexibility index (Phi) is 6.23. The number of β-lactam (4-membered cyclic amide) rings is 1. The number of nitriles is 1. The second kappa shape index (κ2) is 8.56. The van der Waals surface area contributed by atoms with E-state index in [4.69, 9.17) is 5.26 Å². The van der Waals surface area contributed by atoms with Crippen LogP contribution >= 0.6 is 23.1 Å². The van der Waals surface area contributed by atoms with Gasteiger partial charge in [0.1, 0.15) is 30.0 Å². The predicted octanol–water partition coefficient (Wildman–Crippen LogP) is -0.823. The zero-order valence-corrected chi connectivity index (χ0v) is 18.1. The van der Waals surface area contributed by atoms with Crippen LogP contribution in [0.1, 0.15) is 24.8 Å². The highest BCUT2D eigenvalue weighted by atomic mass is 32.2. The first-order valence-electron chi connectivity index (χ1n) is 9.10. The van der Waals surface area contributed by atoms with E-state index in [1.54, 1.807) is 37.4 Å². The van der Waals surface area contributed by atoms with Gasteiger partial charge in [-0.2, -0.15) is 5.26 Å². The molecule has 0 aromatic carbocycles. The molecule has 0 bridgehead atoms. The lowest BCUT2D eigenvalue weighted by Gasteiger charge is -2.43. The van der Waals surface area contributed by atoms with Crippen molar-refractivity contribution < 1.29 is 29.1 Å². The normalized spacial score (nSPS) is 24.2. The predicted molar refractivity (Wildman–Crippen MR) is 109 cm³/mol. The Balaban J connectivity index is 1.73. The third-order valence-electron chi connectivity index (χ3n) is 4.87. The molecule has 13 heteroatoms. The summed E-state index contributed by atoms with van der Waals surface area (Å²) >= 11 is 2.45. The van der Waals surface area contributed by atoms with Gasteiger partial charge in [-0.05, 0) is 25.3 Å². The maximum Gasteiger partial charge on any atom is 0.327 e. The summed E-state index contributed by atoms with van der Waals surface area (Å²) in [6.45, 7) is 3.07. The van der Waals surface area contributed by atoms with Crippen molar-refractivity contribution in [2.45, 2.75) is 42.1 Å². The minimum Gasteiger partial charge on any atom is -0.480 e. The fourth-order valence-corrected chi connectivity index (χ4v) is 5.90. The van der Waals surface area contributed by atoms with Gasteiger partial charge in [0.15, 0.2) is 0 Å². The monoisotopic (exact) mass is 465 g/mol.